The van der Waals surface area contributed by atoms with Crippen LogP contribution in [0.4, 0.5) is 0 Å². The molecule has 2 heterocycles. The highest BCUT2D eigenvalue weighted by Gasteiger charge is 2.56. The minimum absolute atomic E-state index is 0.00626. The summed E-state index contributed by atoms with van der Waals surface area (Å²) < 4.78 is 5.33. The molecule has 1 aromatic carbocycles. The number of aryl methyl sites for hydroxylation is 1. The van der Waals surface area contributed by atoms with Gasteiger partial charge in [-0.05, 0) is 25.8 Å². The summed E-state index contributed by atoms with van der Waals surface area (Å²) in [6.07, 6.45) is 3.32. The van der Waals surface area contributed by atoms with Crippen molar-refractivity contribution in [1.82, 2.24) is 15.4 Å². The number of benzene rings is 1. The zero-order chi connectivity index (χ0) is 18.3. The Morgan fingerprint density at radius 2 is 2.08 bits per heavy atom. The Kier molecular flexibility index (Phi) is 3.90. The second-order valence-electron chi connectivity index (χ2n) is 7.14. The van der Waals surface area contributed by atoms with Crippen LogP contribution in [0.2, 0.25) is 0 Å². The van der Waals surface area contributed by atoms with Gasteiger partial charge in [0.15, 0.2) is 0 Å². The third kappa shape index (κ3) is 2.71. The lowest BCUT2D eigenvalue weighted by atomic mass is 10.0. The van der Waals surface area contributed by atoms with Gasteiger partial charge in [-0.15, -0.1) is 0 Å². The van der Waals surface area contributed by atoms with E-state index < -0.39 is 0 Å². The largest absolute Gasteiger partial charge is 0.360 e. The molecule has 2 fully saturated rings. The van der Waals surface area contributed by atoms with Gasteiger partial charge >= 0.3 is 0 Å². The summed E-state index contributed by atoms with van der Waals surface area (Å²) >= 11 is 0. The van der Waals surface area contributed by atoms with Gasteiger partial charge in [-0.2, -0.15) is 0 Å². The maximum absolute atomic E-state index is 13.2. The minimum atomic E-state index is -0.193. The van der Waals surface area contributed by atoms with Gasteiger partial charge in [-0.1, -0.05) is 42.1 Å². The summed E-state index contributed by atoms with van der Waals surface area (Å²) in [7, 11) is 0. The molecule has 26 heavy (non-hydrogen) atoms. The molecule has 0 radical (unpaired) electrons. The lowest BCUT2D eigenvalue weighted by Gasteiger charge is -2.17. The van der Waals surface area contributed by atoms with Crippen LogP contribution in [0.5, 0.6) is 0 Å². The van der Waals surface area contributed by atoms with E-state index in [1.165, 1.54) is 6.08 Å². The van der Waals surface area contributed by atoms with E-state index in [0.717, 1.165) is 18.4 Å². The highest BCUT2D eigenvalue weighted by Crippen LogP contribution is 2.53. The Morgan fingerprint density at radius 1 is 1.35 bits per heavy atom. The quantitative estimate of drug-likeness (QED) is 0.859. The number of carbonyl (C=O) groups excluding carboxylic acids is 2. The van der Waals surface area contributed by atoms with Crippen molar-refractivity contribution >= 4 is 11.8 Å². The predicted molar refractivity (Wildman–Crippen MR) is 96.4 cm³/mol. The number of rotatable bonds is 4. The van der Waals surface area contributed by atoms with E-state index in [1.54, 1.807) is 6.92 Å². The predicted octanol–water partition coefficient (Wildman–Crippen LogP) is 2.56. The molecule has 1 N–H and O–H groups in total. The number of likely N-dealkylation sites (tertiary alicyclic amines) is 1. The molecule has 1 aliphatic heterocycles. The number of aromatic nitrogens is 1. The van der Waals surface area contributed by atoms with Gasteiger partial charge in [0.25, 0.3) is 5.91 Å². The average molecular weight is 351 g/mol. The van der Waals surface area contributed by atoms with Crippen LogP contribution in [-0.2, 0) is 4.79 Å². The summed E-state index contributed by atoms with van der Waals surface area (Å²) in [6.45, 7) is 6.41. The van der Waals surface area contributed by atoms with Crippen molar-refractivity contribution in [2.24, 2.45) is 5.41 Å². The lowest BCUT2D eigenvalue weighted by Crippen LogP contribution is -2.41. The first-order chi connectivity index (χ1) is 12.5. The summed E-state index contributed by atoms with van der Waals surface area (Å²) in [5, 5.41) is 7.09. The van der Waals surface area contributed by atoms with E-state index >= 15 is 0 Å². The Morgan fingerprint density at radius 3 is 2.73 bits per heavy atom. The molecule has 1 spiro atoms. The average Bonchev–Trinajstić information content (AvgIpc) is 3.20. The maximum atomic E-state index is 13.2. The fraction of sp³-hybridized carbons (Fsp3) is 0.350. The van der Waals surface area contributed by atoms with E-state index in [-0.39, 0.29) is 23.3 Å². The Labute approximate surface area is 151 Å². The van der Waals surface area contributed by atoms with Gasteiger partial charge in [0.05, 0.1) is 6.04 Å². The van der Waals surface area contributed by atoms with E-state index in [2.05, 4.69) is 17.1 Å². The Hall–Kier alpha value is -2.89. The maximum Gasteiger partial charge on any atom is 0.259 e. The smallest absolute Gasteiger partial charge is 0.259 e. The molecule has 1 atom stereocenters. The molecule has 1 aromatic heterocycles. The molecule has 1 unspecified atom stereocenters. The van der Waals surface area contributed by atoms with E-state index in [1.807, 2.05) is 35.2 Å². The van der Waals surface area contributed by atoms with Crippen LogP contribution in [0.1, 0.15) is 29.0 Å². The number of carbonyl (C=O) groups is 2. The first-order valence-electron chi connectivity index (χ1n) is 8.78. The third-order valence-corrected chi connectivity index (χ3v) is 5.45. The molecule has 4 rings (SSSR count). The van der Waals surface area contributed by atoms with Crippen molar-refractivity contribution in [1.29, 1.82) is 0 Å². The fourth-order valence-electron chi connectivity index (χ4n) is 3.80. The minimum Gasteiger partial charge on any atom is -0.360 e. The molecule has 1 aliphatic carbocycles. The number of amides is 2. The van der Waals surface area contributed by atoms with Crippen LogP contribution in [0.15, 0.2) is 47.5 Å². The SMILES string of the molecule is C=CC(=O)NC1CN(C(=O)c2c(-c3ccccc3)noc2C)CC12CC2. The Balaban J connectivity index is 1.61. The van der Waals surface area contributed by atoms with Crippen molar-refractivity contribution in [3.05, 3.63) is 54.3 Å². The van der Waals surface area contributed by atoms with Crippen molar-refractivity contribution in [2.45, 2.75) is 25.8 Å². The number of nitrogens with one attached hydrogen (secondary N) is 1. The number of hydrogen-bond acceptors (Lipinski definition) is 4. The van der Waals surface area contributed by atoms with Crippen LogP contribution < -0.4 is 5.32 Å². The van der Waals surface area contributed by atoms with E-state index in [9.17, 15) is 9.59 Å². The standard InChI is InChI=1S/C20H21N3O3/c1-3-16(24)21-15-11-23(12-20(15)9-10-20)19(25)17-13(2)26-22-18(17)14-7-5-4-6-8-14/h3-8,15H,1,9-12H2,2H3,(H,21,24). The van der Waals surface area contributed by atoms with Crippen LogP contribution in [-0.4, -0.2) is 41.0 Å². The third-order valence-electron chi connectivity index (χ3n) is 5.45. The lowest BCUT2D eigenvalue weighted by molar-refractivity contribution is -0.117. The molecule has 2 amide bonds. The second kappa shape index (κ2) is 6.12. The number of nitrogens with zero attached hydrogens (tertiary/aromatic N) is 2. The fourth-order valence-corrected chi connectivity index (χ4v) is 3.80. The summed E-state index contributed by atoms with van der Waals surface area (Å²) in [4.78, 5) is 26.8. The van der Waals surface area contributed by atoms with Crippen molar-refractivity contribution < 1.29 is 14.1 Å². The summed E-state index contributed by atoms with van der Waals surface area (Å²) in [5.74, 6) is 0.225. The van der Waals surface area contributed by atoms with Crippen molar-refractivity contribution in [3.63, 3.8) is 0 Å². The van der Waals surface area contributed by atoms with Crippen LogP contribution in [0, 0.1) is 12.3 Å². The van der Waals surface area contributed by atoms with Crippen LogP contribution in [0.25, 0.3) is 11.3 Å². The highest BCUT2D eigenvalue weighted by molar-refractivity contribution is 6.01. The van der Waals surface area contributed by atoms with Gasteiger partial charge in [-0.25, -0.2) is 0 Å². The highest BCUT2D eigenvalue weighted by atomic mass is 16.5. The summed E-state index contributed by atoms with van der Waals surface area (Å²) in [6, 6.07) is 9.52. The summed E-state index contributed by atoms with van der Waals surface area (Å²) in [5.41, 5.74) is 1.93. The molecule has 6 heteroatoms. The molecular formula is C20H21N3O3. The zero-order valence-corrected chi connectivity index (χ0v) is 14.7. The van der Waals surface area contributed by atoms with Gasteiger partial charge in [0, 0.05) is 24.1 Å². The molecular weight excluding hydrogens is 330 g/mol. The molecule has 1 saturated heterocycles. The molecule has 2 aromatic rings. The molecule has 0 bridgehead atoms. The molecule has 134 valence electrons. The van der Waals surface area contributed by atoms with E-state index in [0.29, 0.717) is 30.1 Å². The Bertz CT molecular complexity index is 868. The second-order valence-corrected chi connectivity index (χ2v) is 7.14. The monoisotopic (exact) mass is 351 g/mol. The van der Waals surface area contributed by atoms with E-state index in [4.69, 9.17) is 4.52 Å². The van der Waals surface area contributed by atoms with Gasteiger partial charge in [0.1, 0.15) is 17.0 Å². The first kappa shape index (κ1) is 16.6. The number of hydrogen-bond donors (Lipinski definition) is 1. The van der Waals surface area contributed by atoms with Gasteiger partial charge in [0.2, 0.25) is 5.91 Å². The molecule has 6 nitrogen and oxygen atoms in total. The molecule has 2 aliphatic rings. The molecule has 1 saturated carbocycles. The van der Waals surface area contributed by atoms with Crippen molar-refractivity contribution in [2.75, 3.05) is 13.1 Å². The van der Waals surface area contributed by atoms with Gasteiger partial charge in [-0.3, -0.25) is 9.59 Å². The van der Waals surface area contributed by atoms with Crippen molar-refractivity contribution in [3.8, 4) is 11.3 Å². The van der Waals surface area contributed by atoms with Crippen LogP contribution in [0.3, 0.4) is 0 Å². The topological polar surface area (TPSA) is 75.4 Å². The van der Waals surface area contributed by atoms with Crippen LogP contribution >= 0.6 is 0 Å². The first-order valence-corrected chi connectivity index (χ1v) is 8.78. The van der Waals surface area contributed by atoms with Gasteiger partial charge < -0.3 is 14.7 Å². The zero-order valence-electron chi connectivity index (χ0n) is 14.7. The normalized spacial score (nSPS) is 20.2.